The summed E-state index contributed by atoms with van der Waals surface area (Å²) in [6.07, 6.45) is 4.50. The molecule has 0 aliphatic rings. The van der Waals surface area contributed by atoms with Crippen LogP contribution in [0.5, 0.6) is 0 Å². The second kappa shape index (κ2) is 8.36. The van der Waals surface area contributed by atoms with Crippen LogP contribution in [-0.4, -0.2) is 26.8 Å². The number of benzene rings is 1. The molecule has 0 amide bonds. The number of hydrogen-bond acceptors (Lipinski definition) is 2. The summed E-state index contributed by atoms with van der Waals surface area (Å²) in [5.41, 5.74) is 4.19. The van der Waals surface area contributed by atoms with Crippen molar-refractivity contribution >= 4 is 18.1 Å². The Morgan fingerprint density at radius 1 is 1.12 bits per heavy atom. The predicted molar refractivity (Wildman–Crippen MR) is 105 cm³/mol. The van der Waals surface area contributed by atoms with Gasteiger partial charge >= 0.3 is 0 Å². The van der Waals surface area contributed by atoms with Crippen molar-refractivity contribution in [3.63, 3.8) is 0 Å². The van der Waals surface area contributed by atoms with Crippen LogP contribution >= 0.6 is 0 Å². The number of hydrogen-bond donors (Lipinski definition) is 0. The lowest BCUT2D eigenvalue weighted by molar-refractivity contribution is 0.416. The first-order chi connectivity index (χ1) is 11.1. The Hall–Kier alpha value is -1.77. The van der Waals surface area contributed by atoms with Crippen molar-refractivity contribution in [2.45, 2.75) is 50.3 Å². The van der Waals surface area contributed by atoms with Gasteiger partial charge in [0.25, 0.3) is 10.0 Å². The Labute approximate surface area is 148 Å². The molecule has 0 saturated heterocycles. The molecule has 0 bridgehead atoms. The molecule has 0 spiro atoms. The maximum Gasteiger partial charge on any atom is 0.271 e. The first kappa shape index (κ1) is 20.3. The molecule has 0 unspecified atom stereocenters. The molecule has 0 fully saturated rings. The van der Waals surface area contributed by atoms with Gasteiger partial charge in [-0.15, -0.1) is 18.7 Å². The van der Waals surface area contributed by atoms with E-state index in [9.17, 15) is 8.42 Å². The summed E-state index contributed by atoms with van der Waals surface area (Å²) in [7, 11) is -5.42. The summed E-state index contributed by atoms with van der Waals surface area (Å²) in [6.45, 7) is 15.7. The van der Waals surface area contributed by atoms with Crippen LogP contribution in [0.15, 0.2) is 54.5 Å². The number of nitrogens with zero attached hydrogens (tertiary/aromatic N) is 1. The second-order valence-electron chi connectivity index (χ2n) is 6.80. The fraction of sp³-hybridized carbons (Fsp3) is 0.368. The van der Waals surface area contributed by atoms with Crippen LogP contribution in [0.2, 0.25) is 19.6 Å². The van der Waals surface area contributed by atoms with E-state index in [0.29, 0.717) is 12.8 Å². The van der Waals surface area contributed by atoms with E-state index in [1.54, 1.807) is 36.4 Å². The lowest BCUT2D eigenvalue weighted by Gasteiger charge is -2.27. The topological polar surface area (TPSA) is 37.4 Å². The number of sulfonamides is 1. The third-order valence-corrected chi connectivity index (χ3v) is 5.97. The maximum atomic E-state index is 13.1. The number of rotatable bonds is 7. The van der Waals surface area contributed by atoms with E-state index in [-0.39, 0.29) is 10.9 Å². The molecule has 0 heterocycles. The zero-order valence-electron chi connectivity index (χ0n) is 15.0. The van der Waals surface area contributed by atoms with Crippen molar-refractivity contribution in [2.75, 3.05) is 0 Å². The summed E-state index contributed by atoms with van der Waals surface area (Å²) in [5.74, 6) is 0. The van der Waals surface area contributed by atoms with Gasteiger partial charge in [0.15, 0.2) is 0 Å². The quantitative estimate of drug-likeness (QED) is 0.313. The third kappa shape index (κ3) is 5.70. The Balaban J connectivity index is 3.43. The zero-order valence-corrected chi connectivity index (χ0v) is 16.9. The monoisotopic (exact) mass is 361 g/mol. The van der Waals surface area contributed by atoms with Gasteiger partial charge < -0.3 is 0 Å². The van der Waals surface area contributed by atoms with Crippen LogP contribution in [0.25, 0.3) is 0 Å². The Morgan fingerprint density at radius 3 is 2.04 bits per heavy atom. The molecule has 0 aliphatic heterocycles. The fourth-order valence-electron chi connectivity index (χ4n) is 2.07. The van der Waals surface area contributed by atoms with Crippen molar-refractivity contribution in [2.24, 2.45) is 0 Å². The highest BCUT2D eigenvalue weighted by molar-refractivity contribution is 7.89. The molecule has 0 N–H and O–H groups in total. The van der Waals surface area contributed by atoms with Gasteiger partial charge in [0.2, 0.25) is 0 Å². The zero-order chi connectivity index (χ0) is 18.4. The first-order valence-electron chi connectivity index (χ1n) is 7.97. The van der Waals surface area contributed by atoms with Crippen molar-refractivity contribution in [1.82, 2.24) is 4.31 Å². The highest BCUT2D eigenvalue weighted by Gasteiger charge is 2.28. The molecule has 0 aliphatic carbocycles. The Bertz CT molecular complexity index is 724. The third-order valence-electron chi connectivity index (χ3n) is 3.33. The van der Waals surface area contributed by atoms with Crippen LogP contribution in [-0.2, 0) is 10.0 Å². The van der Waals surface area contributed by atoms with E-state index in [1.807, 2.05) is 6.92 Å². The molecule has 0 radical (unpaired) electrons. The standard InChI is InChI=1S/C19H27NO2SSi/c1-7-9-18(10-8-2)20(15-16-24(4,5)6)23(21,22)19-13-11-17(3)12-14-19/h7-8,11-14,18H,1-2,9-10H2,3-6H3. The molecular formula is C19H27NO2SSi. The molecule has 3 nitrogen and oxygen atoms in total. The summed E-state index contributed by atoms with van der Waals surface area (Å²) < 4.78 is 27.5. The van der Waals surface area contributed by atoms with Crippen LogP contribution < -0.4 is 0 Å². The Morgan fingerprint density at radius 2 is 1.62 bits per heavy atom. The van der Waals surface area contributed by atoms with Crippen LogP contribution in [0.1, 0.15) is 18.4 Å². The van der Waals surface area contributed by atoms with E-state index >= 15 is 0 Å². The van der Waals surface area contributed by atoms with E-state index in [2.05, 4.69) is 44.4 Å². The number of aryl methyl sites for hydroxylation is 1. The minimum absolute atomic E-state index is 0.260. The summed E-state index contributed by atoms with van der Waals surface area (Å²) >= 11 is 0. The maximum absolute atomic E-state index is 13.1. The molecule has 5 heteroatoms. The summed E-state index contributed by atoms with van der Waals surface area (Å²) in [6, 6.07) is 9.51. The summed E-state index contributed by atoms with van der Waals surface area (Å²) in [5, 5.41) is 0. The van der Waals surface area contributed by atoms with Gasteiger partial charge in [-0.2, -0.15) is 0 Å². The molecule has 0 saturated carbocycles. The van der Waals surface area contributed by atoms with Crippen LogP contribution in [0.3, 0.4) is 0 Å². The SMILES string of the molecule is C=CCC(CC=C)N(C#C[Si](C)(C)C)S(=O)(=O)c1ccc(C)cc1. The van der Waals surface area contributed by atoms with E-state index in [0.717, 1.165) is 5.56 Å². The Kier molecular flexibility index (Phi) is 7.06. The van der Waals surface area contributed by atoms with Crippen molar-refractivity contribution in [3.8, 4) is 11.6 Å². The van der Waals surface area contributed by atoms with Crippen molar-refractivity contribution in [3.05, 3.63) is 55.1 Å². The van der Waals surface area contributed by atoms with Gasteiger partial charge in [-0.25, -0.2) is 12.7 Å². The lowest BCUT2D eigenvalue weighted by Crippen LogP contribution is -2.37. The second-order valence-corrected chi connectivity index (χ2v) is 13.4. The van der Waals surface area contributed by atoms with Crippen LogP contribution in [0.4, 0.5) is 0 Å². The van der Waals surface area contributed by atoms with E-state index < -0.39 is 18.1 Å². The van der Waals surface area contributed by atoms with E-state index in [1.165, 1.54) is 4.31 Å². The van der Waals surface area contributed by atoms with Gasteiger partial charge in [-0.3, -0.25) is 0 Å². The van der Waals surface area contributed by atoms with Gasteiger partial charge in [-0.1, -0.05) is 49.5 Å². The first-order valence-corrected chi connectivity index (χ1v) is 12.9. The largest absolute Gasteiger partial charge is 0.271 e. The predicted octanol–water partition coefficient (Wildman–Crippen LogP) is 4.34. The molecule has 0 aromatic heterocycles. The fourth-order valence-corrected chi connectivity index (χ4v) is 4.04. The molecular weight excluding hydrogens is 334 g/mol. The molecule has 1 rings (SSSR count). The van der Waals surface area contributed by atoms with Crippen molar-refractivity contribution < 1.29 is 8.42 Å². The molecule has 0 atom stereocenters. The van der Waals surface area contributed by atoms with Gasteiger partial charge in [-0.05, 0) is 31.9 Å². The average molecular weight is 362 g/mol. The molecule has 24 heavy (non-hydrogen) atoms. The lowest BCUT2D eigenvalue weighted by atomic mass is 10.1. The highest BCUT2D eigenvalue weighted by Crippen LogP contribution is 2.22. The van der Waals surface area contributed by atoms with Gasteiger partial charge in [0, 0.05) is 6.04 Å². The average Bonchev–Trinajstić information content (AvgIpc) is 2.47. The molecule has 1 aromatic rings. The normalized spacial score (nSPS) is 11.5. The van der Waals surface area contributed by atoms with Gasteiger partial charge in [0.05, 0.1) is 10.9 Å². The minimum Gasteiger partial charge on any atom is -0.221 e. The minimum atomic E-state index is -3.70. The van der Waals surface area contributed by atoms with E-state index in [4.69, 9.17) is 0 Å². The van der Waals surface area contributed by atoms with Crippen molar-refractivity contribution in [1.29, 1.82) is 0 Å². The van der Waals surface area contributed by atoms with Crippen LogP contribution in [0, 0.1) is 18.5 Å². The summed E-state index contributed by atoms with van der Waals surface area (Å²) in [4.78, 5) is 0.260. The molecule has 130 valence electrons. The molecule has 1 aromatic carbocycles. The smallest absolute Gasteiger partial charge is 0.221 e. The highest BCUT2D eigenvalue weighted by atomic mass is 32.2. The van der Waals surface area contributed by atoms with Gasteiger partial charge in [0.1, 0.15) is 8.07 Å².